The van der Waals surface area contributed by atoms with Gasteiger partial charge in [0, 0.05) is 25.5 Å². The van der Waals surface area contributed by atoms with Gasteiger partial charge < -0.3 is 4.90 Å². The molecule has 0 spiro atoms. The normalized spacial score (nSPS) is 14.0. The van der Waals surface area contributed by atoms with E-state index in [2.05, 4.69) is 25.4 Å². The summed E-state index contributed by atoms with van der Waals surface area (Å²) >= 11 is 5.54. The van der Waals surface area contributed by atoms with Crippen molar-refractivity contribution in [2.75, 3.05) is 7.05 Å². The predicted molar refractivity (Wildman–Crippen MR) is 112 cm³/mol. The molecule has 1 aliphatic rings. The summed E-state index contributed by atoms with van der Waals surface area (Å²) in [5, 5.41) is 5.17. The van der Waals surface area contributed by atoms with Crippen LogP contribution in [0.15, 0.2) is 53.9 Å². The lowest BCUT2D eigenvalue weighted by atomic mass is 9.95. The number of nitrogens with zero attached hydrogens (tertiary/aromatic N) is 4. The zero-order valence-electron chi connectivity index (χ0n) is 14.8. The van der Waals surface area contributed by atoms with Crippen LogP contribution in [0.25, 0.3) is 0 Å². The van der Waals surface area contributed by atoms with Crippen LogP contribution < -0.4 is 5.43 Å². The van der Waals surface area contributed by atoms with Crippen molar-refractivity contribution < 1.29 is 0 Å². The molecule has 0 aliphatic heterocycles. The van der Waals surface area contributed by atoms with Crippen LogP contribution in [0.1, 0.15) is 43.5 Å². The smallest absolute Gasteiger partial charge is 0.189 e. The third-order valence-corrected chi connectivity index (χ3v) is 4.90. The highest BCUT2D eigenvalue weighted by Crippen LogP contribution is 2.21. The van der Waals surface area contributed by atoms with Crippen LogP contribution in [0.3, 0.4) is 0 Å². The van der Waals surface area contributed by atoms with Gasteiger partial charge >= 0.3 is 0 Å². The van der Waals surface area contributed by atoms with E-state index in [0.717, 1.165) is 11.4 Å². The lowest BCUT2D eigenvalue weighted by Crippen LogP contribution is -2.43. The topological polar surface area (TPSA) is 53.4 Å². The van der Waals surface area contributed by atoms with E-state index in [4.69, 9.17) is 12.2 Å². The van der Waals surface area contributed by atoms with Crippen molar-refractivity contribution in [3.63, 3.8) is 0 Å². The average molecular weight is 390 g/mol. The molecule has 138 valence electrons. The maximum Gasteiger partial charge on any atom is 0.189 e. The Morgan fingerprint density at radius 2 is 1.62 bits per heavy atom. The molecule has 0 aromatic carbocycles. The zero-order valence-corrected chi connectivity index (χ0v) is 16.5. The predicted octanol–water partition coefficient (Wildman–Crippen LogP) is 3.79. The average Bonchev–Trinajstić information content (AvgIpc) is 2.70. The maximum atomic E-state index is 5.54. The highest BCUT2D eigenvalue weighted by molar-refractivity contribution is 7.80. The first-order valence-electron chi connectivity index (χ1n) is 8.69. The number of rotatable bonds is 4. The fraction of sp³-hybridized carbons (Fsp3) is 0.368. The Morgan fingerprint density at radius 1 is 1.04 bits per heavy atom. The van der Waals surface area contributed by atoms with Gasteiger partial charge in [-0.15, -0.1) is 12.4 Å². The SMILES string of the molecule is CN(C(=S)NN=C(c1ccccn1)c1ccccn1)C1CCCCC1.Cl. The molecule has 3 rings (SSSR count). The summed E-state index contributed by atoms with van der Waals surface area (Å²) in [7, 11) is 2.04. The Kier molecular flexibility index (Phi) is 7.94. The number of nitrogens with one attached hydrogen (secondary N) is 1. The van der Waals surface area contributed by atoms with Gasteiger partial charge in [-0.25, -0.2) is 0 Å². The Bertz CT molecular complexity index is 676. The molecule has 0 unspecified atom stereocenters. The van der Waals surface area contributed by atoms with Gasteiger partial charge in [0.25, 0.3) is 0 Å². The van der Waals surface area contributed by atoms with Gasteiger partial charge in [0.15, 0.2) is 5.11 Å². The molecular formula is C19H24ClN5S. The monoisotopic (exact) mass is 389 g/mol. The summed E-state index contributed by atoms with van der Waals surface area (Å²) in [5.41, 5.74) is 5.25. The van der Waals surface area contributed by atoms with E-state index in [-0.39, 0.29) is 12.4 Å². The van der Waals surface area contributed by atoms with Crippen LogP contribution >= 0.6 is 24.6 Å². The van der Waals surface area contributed by atoms with Crippen molar-refractivity contribution in [1.82, 2.24) is 20.3 Å². The fourth-order valence-electron chi connectivity index (χ4n) is 3.07. The molecule has 1 aliphatic carbocycles. The van der Waals surface area contributed by atoms with Crippen LogP contribution in [0.2, 0.25) is 0 Å². The van der Waals surface area contributed by atoms with E-state index < -0.39 is 0 Å². The first-order chi connectivity index (χ1) is 12.3. The molecule has 2 aromatic heterocycles. The quantitative estimate of drug-likeness (QED) is 0.489. The minimum absolute atomic E-state index is 0. The lowest BCUT2D eigenvalue weighted by molar-refractivity contribution is 0.276. The lowest BCUT2D eigenvalue weighted by Gasteiger charge is -2.32. The molecule has 0 bridgehead atoms. The van der Waals surface area contributed by atoms with Crippen LogP contribution in [0, 0.1) is 0 Å². The molecular weight excluding hydrogens is 366 g/mol. The van der Waals surface area contributed by atoms with Crippen LogP contribution in [-0.2, 0) is 0 Å². The zero-order chi connectivity index (χ0) is 17.5. The first kappa shape index (κ1) is 20.3. The second-order valence-corrected chi connectivity index (χ2v) is 6.60. The Labute approximate surface area is 166 Å². The summed E-state index contributed by atoms with van der Waals surface area (Å²) in [5.74, 6) is 0. The van der Waals surface area contributed by atoms with E-state index in [0.29, 0.717) is 16.9 Å². The van der Waals surface area contributed by atoms with Gasteiger partial charge in [0.1, 0.15) is 5.71 Å². The van der Waals surface area contributed by atoms with Gasteiger partial charge in [-0.2, -0.15) is 5.10 Å². The van der Waals surface area contributed by atoms with Gasteiger partial charge in [0.2, 0.25) is 0 Å². The second-order valence-electron chi connectivity index (χ2n) is 6.21. The molecule has 7 heteroatoms. The highest BCUT2D eigenvalue weighted by Gasteiger charge is 2.20. The van der Waals surface area contributed by atoms with Gasteiger partial charge in [-0.3, -0.25) is 15.4 Å². The number of hydrogen-bond donors (Lipinski definition) is 1. The summed E-state index contributed by atoms with van der Waals surface area (Å²) in [4.78, 5) is 10.9. The van der Waals surface area contributed by atoms with E-state index in [1.807, 2.05) is 43.4 Å². The van der Waals surface area contributed by atoms with E-state index in [1.165, 1.54) is 32.1 Å². The molecule has 1 saturated carbocycles. The Balaban J connectivity index is 0.00000243. The van der Waals surface area contributed by atoms with E-state index in [9.17, 15) is 0 Å². The van der Waals surface area contributed by atoms with Crippen molar-refractivity contribution in [1.29, 1.82) is 0 Å². The number of pyridine rings is 2. The molecule has 0 radical (unpaired) electrons. The maximum absolute atomic E-state index is 5.54. The van der Waals surface area contributed by atoms with Crippen molar-refractivity contribution in [2.45, 2.75) is 38.1 Å². The summed E-state index contributed by atoms with van der Waals surface area (Å²) in [6, 6.07) is 12.0. The molecule has 2 aromatic rings. The summed E-state index contributed by atoms with van der Waals surface area (Å²) in [6.07, 6.45) is 9.75. The molecule has 0 saturated heterocycles. The Morgan fingerprint density at radius 3 is 2.12 bits per heavy atom. The van der Waals surface area contributed by atoms with Crippen molar-refractivity contribution in [3.05, 3.63) is 60.2 Å². The summed E-state index contributed by atoms with van der Waals surface area (Å²) in [6.45, 7) is 0. The highest BCUT2D eigenvalue weighted by atomic mass is 35.5. The molecule has 0 atom stereocenters. The van der Waals surface area contributed by atoms with Crippen molar-refractivity contribution in [2.24, 2.45) is 5.10 Å². The molecule has 1 fully saturated rings. The molecule has 2 heterocycles. The minimum Gasteiger partial charge on any atom is -0.348 e. The minimum atomic E-state index is 0. The van der Waals surface area contributed by atoms with E-state index in [1.54, 1.807) is 12.4 Å². The van der Waals surface area contributed by atoms with Crippen molar-refractivity contribution in [3.8, 4) is 0 Å². The number of thiocarbonyl (C=S) groups is 1. The largest absolute Gasteiger partial charge is 0.348 e. The van der Waals surface area contributed by atoms with E-state index >= 15 is 0 Å². The molecule has 5 nitrogen and oxygen atoms in total. The van der Waals surface area contributed by atoms with Gasteiger partial charge in [-0.05, 0) is 49.3 Å². The second kappa shape index (κ2) is 10.2. The van der Waals surface area contributed by atoms with Crippen LogP contribution in [-0.4, -0.2) is 38.8 Å². The van der Waals surface area contributed by atoms with Crippen LogP contribution in [0.5, 0.6) is 0 Å². The third-order valence-electron chi connectivity index (χ3n) is 4.52. The summed E-state index contributed by atoms with van der Waals surface area (Å²) < 4.78 is 0. The first-order valence-corrected chi connectivity index (χ1v) is 9.10. The molecule has 26 heavy (non-hydrogen) atoms. The number of halogens is 1. The Hall–Kier alpha value is -2.05. The number of aromatic nitrogens is 2. The fourth-order valence-corrected chi connectivity index (χ4v) is 3.26. The van der Waals surface area contributed by atoms with Gasteiger partial charge in [-0.1, -0.05) is 31.4 Å². The van der Waals surface area contributed by atoms with Crippen LogP contribution in [0.4, 0.5) is 0 Å². The third kappa shape index (κ3) is 5.22. The standard InChI is InChI=1S/C19H23N5S.ClH/c1-24(15-9-3-2-4-10-15)19(25)23-22-18(16-11-5-7-13-20-16)17-12-6-8-14-21-17;/h5-8,11-15H,2-4,9-10H2,1H3,(H,23,25);1H. The number of hydrogen-bond acceptors (Lipinski definition) is 4. The number of hydrazone groups is 1. The van der Waals surface area contributed by atoms with Crippen molar-refractivity contribution >= 4 is 35.4 Å². The molecule has 0 amide bonds. The van der Waals surface area contributed by atoms with Gasteiger partial charge in [0.05, 0.1) is 11.4 Å². The molecule has 1 N–H and O–H groups in total.